The van der Waals surface area contributed by atoms with Crippen LogP contribution in [0.4, 0.5) is 0 Å². The van der Waals surface area contributed by atoms with Crippen LogP contribution < -0.4 is 9.47 Å². The molecule has 0 aliphatic rings. The normalized spacial score (nSPS) is 12.2. The lowest BCUT2D eigenvalue weighted by molar-refractivity contribution is -0.136. The molecule has 0 aliphatic carbocycles. The lowest BCUT2D eigenvalue weighted by atomic mass is 9.92. The fraction of sp³-hybridized carbons (Fsp3) is 0.205. The maximum atomic E-state index is 14.1. The van der Waals surface area contributed by atoms with Crippen molar-refractivity contribution in [1.82, 2.24) is 0 Å². The molecular formula is C39H38O4. The Morgan fingerprint density at radius 2 is 1.40 bits per heavy atom. The summed E-state index contributed by atoms with van der Waals surface area (Å²) in [6, 6.07) is 30.9. The minimum absolute atomic E-state index is 0.133. The van der Waals surface area contributed by atoms with Crippen molar-refractivity contribution < 1.29 is 19.4 Å². The minimum atomic E-state index is -0.523. The Labute approximate surface area is 253 Å². The molecule has 5 aromatic carbocycles. The third-order valence-corrected chi connectivity index (χ3v) is 7.85. The van der Waals surface area contributed by atoms with Gasteiger partial charge in [0.15, 0.2) is 0 Å². The molecule has 0 amide bonds. The van der Waals surface area contributed by atoms with Crippen molar-refractivity contribution >= 4 is 27.5 Å². The van der Waals surface area contributed by atoms with Crippen molar-refractivity contribution in [2.24, 2.45) is 0 Å². The third-order valence-electron chi connectivity index (χ3n) is 7.85. The number of methoxy groups -OCH3 is 1. The average Bonchev–Trinajstić information content (AvgIpc) is 3.01. The van der Waals surface area contributed by atoms with E-state index in [0.29, 0.717) is 23.3 Å². The highest BCUT2D eigenvalue weighted by Gasteiger charge is 2.25. The molecule has 0 radical (unpaired) electrons. The molecule has 5 rings (SSSR count). The van der Waals surface area contributed by atoms with E-state index in [-0.39, 0.29) is 11.7 Å². The lowest BCUT2D eigenvalue weighted by Gasteiger charge is -2.20. The number of hydrogen-bond donors (Lipinski definition) is 1. The summed E-state index contributed by atoms with van der Waals surface area (Å²) < 4.78 is 11.7. The summed E-state index contributed by atoms with van der Waals surface area (Å²) in [5.74, 6) is 0.402. The Balaban J connectivity index is 1.57. The van der Waals surface area contributed by atoms with E-state index in [4.69, 9.17) is 9.47 Å². The van der Waals surface area contributed by atoms with E-state index in [2.05, 4.69) is 32.9 Å². The van der Waals surface area contributed by atoms with Crippen LogP contribution in [0.3, 0.4) is 0 Å². The molecule has 0 aromatic heterocycles. The van der Waals surface area contributed by atoms with Gasteiger partial charge in [-0.3, -0.25) is 4.79 Å². The number of allylic oxidation sites excluding steroid dienone is 4. The van der Waals surface area contributed by atoms with Crippen molar-refractivity contribution in [3.63, 3.8) is 0 Å². The highest BCUT2D eigenvalue weighted by molar-refractivity contribution is 6.10. The number of fused-ring (bicyclic) bond motifs is 2. The van der Waals surface area contributed by atoms with Crippen LogP contribution in [0.25, 0.3) is 32.7 Å². The largest absolute Gasteiger partial charge is 0.507 e. The van der Waals surface area contributed by atoms with E-state index in [1.165, 1.54) is 11.1 Å². The zero-order valence-electron chi connectivity index (χ0n) is 25.3. The molecule has 4 heteroatoms. The molecule has 0 saturated heterocycles. The number of ether oxygens (including phenoxy) is 2. The Bertz CT molecular complexity index is 1810. The topological polar surface area (TPSA) is 55.8 Å². The van der Waals surface area contributed by atoms with Crippen LogP contribution in [0.15, 0.2) is 120 Å². The Hall–Kier alpha value is -4.83. The minimum Gasteiger partial charge on any atom is -0.507 e. The number of esters is 1. The number of aromatic hydroxyl groups is 1. The van der Waals surface area contributed by atoms with Gasteiger partial charge < -0.3 is 14.6 Å². The summed E-state index contributed by atoms with van der Waals surface area (Å²) in [5, 5.41) is 15.0. The van der Waals surface area contributed by atoms with Crippen LogP contribution in [-0.4, -0.2) is 18.2 Å². The van der Waals surface area contributed by atoms with Gasteiger partial charge in [0.1, 0.15) is 17.2 Å². The van der Waals surface area contributed by atoms with Crippen LogP contribution in [0.2, 0.25) is 0 Å². The van der Waals surface area contributed by atoms with Crippen molar-refractivity contribution in [3.8, 4) is 28.4 Å². The van der Waals surface area contributed by atoms with Gasteiger partial charge >= 0.3 is 5.97 Å². The van der Waals surface area contributed by atoms with Crippen LogP contribution in [0.5, 0.6) is 17.2 Å². The molecule has 4 nitrogen and oxygen atoms in total. The summed E-state index contributed by atoms with van der Waals surface area (Å²) in [6.45, 7) is 6.32. The van der Waals surface area contributed by atoms with Gasteiger partial charge in [0.2, 0.25) is 0 Å². The lowest BCUT2D eigenvalue weighted by Crippen LogP contribution is -2.19. The Morgan fingerprint density at radius 3 is 2.05 bits per heavy atom. The Morgan fingerprint density at radius 1 is 0.767 bits per heavy atom. The Kier molecular flexibility index (Phi) is 9.26. The zero-order chi connectivity index (χ0) is 30.3. The number of benzene rings is 5. The van der Waals surface area contributed by atoms with Gasteiger partial charge in [0.25, 0.3) is 0 Å². The van der Waals surface area contributed by atoms with Crippen LogP contribution in [0, 0.1) is 0 Å². The van der Waals surface area contributed by atoms with Crippen LogP contribution in [-0.2, 0) is 4.79 Å². The zero-order valence-corrected chi connectivity index (χ0v) is 25.3. The molecule has 0 heterocycles. The maximum Gasteiger partial charge on any atom is 0.319 e. The molecule has 0 saturated carbocycles. The maximum absolute atomic E-state index is 14.1. The number of phenolic OH excluding ortho intramolecular Hbond substituents is 1. The van der Waals surface area contributed by atoms with Gasteiger partial charge in [-0.1, -0.05) is 96.1 Å². The average molecular weight is 571 g/mol. The van der Waals surface area contributed by atoms with Crippen molar-refractivity contribution in [2.75, 3.05) is 7.11 Å². The molecule has 5 aromatic rings. The van der Waals surface area contributed by atoms with Gasteiger partial charge in [-0.15, -0.1) is 0 Å². The van der Waals surface area contributed by atoms with Gasteiger partial charge in [-0.05, 0) is 91.4 Å². The van der Waals surface area contributed by atoms with Crippen molar-refractivity contribution in [1.29, 1.82) is 0 Å². The van der Waals surface area contributed by atoms with Crippen LogP contribution in [0.1, 0.15) is 51.5 Å². The van der Waals surface area contributed by atoms with Gasteiger partial charge in [0, 0.05) is 11.1 Å². The summed E-state index contributed by atoms with van der Waals surface area (Å²) in [7, 11) is 1.63. The van der Waals surface area contributed by atoms with Gasteiger partial charge in [0.05, 0.1) is 13.0 Å². The summed E-state index contributed by atoms with van der Waals surface area (Å²) in [4.78, 5) is 14.1. The molecule has 1 atom stereocenters. The first kappa shape index (κ1) is 29.7. The molecule has 0 fully saturated rings. The van der Waals surface area contributed by atoms with Crippen molar-refractivity contribution in [2.45, 2.75) is 46.0 Å². The van der Waals surface area contributed by atoms with Crippen LogP contribution >= 0.6 is 0 Å². The number of carbonyl (C=O) groups is 1. The smallest absolute Gasteiger partial charge is 0.319 e. The fourth-order valence-corrected chi connectivity index (χ4v) is 5.51. The molecule has 0 aliphatic heterocycles. The molecule has 43 heavy (non-hydrogen) atoms. The monoisotopic (exact) mass is 570 g/mol. The van der Waals surface area contributed by atoms with E-state index in [0.717, 1.165) is 45.7 Å². The van der Waals surface area contributed by atoms with Gasteiger partial charge in [-0.2, -0.15) is 0 Å². The summed E-state index contributed by atoms with van der Waals surface area (Å²) in [6.07, 6.45) is 6.79. The molecular weight excluding hydrogens is 532 g/mol. The second-order valence-corrected chi connectivity index (χ2v) is 11.2. The molecule has 0 spiro atoms. The van der Waals surface area contributed by atoms with E-state index in [1.807, 2.05) is 91.0 Å². The summed E-state index contributed by atoms with van der Waals surface area (Å²) in [5.41, 5.74) is 4.73. The molecule has 0 unspecified atom stereocenters. The highest BCUT2D eigenvalue weighted by Crippen LogP contribution is 2.45. The molecule has 218 valence electrons. The number of phenols is 1. The second kappa shape index (κ2) is 13.4. The number of carbonyl (C=O) groups excluding carboxylic acids is 1. The first-order valence-electron chi connectivity index (χ1n) is 14.7. The first-order chi connectivity index (χ1) is 20.9. The second-order valence-electron chi connectivity index (χ2n) is 11.2. The van der Waals surface area contributed by atoms with E-state index in [9.17, 15) is 9.90 Å². The standard InChI is InChI=1S/C39H38O4/c1-26(2)10-9-11-27(3)16-23-34(30-17-21-31(42-4)22-18-30)39(41)43-36-25-20-29-13-6-8-15-33(29)38(36)37-32-14-7-5-12-28(32)19-24-35(37)40/h5-8,10,12-22,24-25,34,40H,9,11,23H2,1-4H3/b27-16+/t34-/m1/s1. The van der Waals surface area contributed by atoms with Crippen molar-refractivity contribution in [3.05, 3.63) is 126 Å². The predicted octanol–water partition coefficient (Wildman–Crippen LogP) is 10.1. The third kappa shape index (κ3) is 6.81. The van der Waals surface area contributed by atoms with Gasteiger partial charge in [-0.25, -0.2) is 0 Å². The van der Waals surface area contributed by atoms with E-state index in [1.54, 1.807) is 13.2 Å². The van der Waals surface area contributed by atoms with E-state index >= 15 is 0 Å². The van der Waals surface area contributed by atoms with E-state index < -0.39 is 5.92 Å². The molecule has 0 bridgehead atoms. The quantitative estimate of drug-likeness (QED) is 0.103. The number of hydrogen-bond acceptors (Lipinski definition) is 4. The number of rotatable bonds is 10. The summed E-state index contributed by atoms with van der Waals surface area (Å²) >= 11 is 0. The predicted molar refractivity (Wildman–Crippen MR) is 177 cm³/mol. The fourth-order valence-electron chi connectivity index (χ4n) is 5.51. The molecule has 1 N–H and O–H groups in total. The SMILES string of the molecule is COc1ccc([C@@H](C/C=C(\C)CCC=C(C)C)C(=O)Oc2ccc3ccccc3c2-c2c(O)ccc3ccccc23)cc1. The first-order valence-corrected chi connectivity index (χ1v) is 14.7. The highest BCUT2D eigenvalue weighted by atomic mass is 16.5.